The normalized spacial score (nSPS) is 17.0. The summed E-state index contributed by atoms with van der Waals surface area (Å²) in [4.78, 5) is 64.8. The van der Waals surface area contributed by atoms with Crippen molar-refractivity contribution in [1.29, 1.82) is 0 Å². The molecule has 1 aliphatic carbocycles. The largest absolute Gasteiger partial charge is 0.490 e. The maximum atomic E-state index is 14.0. The first-order valence-electron chi connectivity index (χ1n) is 15.0. The van der Waals surface area contributed by atoms with Crippen LogP contribution < -0.4 is 10.2 Å². The molecule has 3 aliphatic rings. The minimum Gasteiger partial charge on any atom is -0.478 e. The maximum absolute atomic E-state index is 14.0. The van der Waals surface area contributed by atoms with Gasteiger partial charge in [0.15, 0.2) is 5.78 Å². The van der Waals surface area contributed by atoms with Gasteiger partial charge in [-0.3, -0.25) is 24.4 Å². The molecule has 1 unspecified atom stereocenters. The van der Waals surface area contributed by atoms with Crippen LogP contribution in [0.15, 0.2) is 60.9 Å². The average Bonchev–Trinajstić information content (AvgIpc) is 3.06. The molecule has 1 fully saturated rings. The fraction of sp³-hybridized carbons (Fsp3) is 0.273. The van der Waals surface area contributed by atoms with Crippen molar-refractivity contribution in [1.82, 2.24) is 9.88 Å². The van der Waals surface area contributed by atoms with E-state index in [1.807, 2.05) is 30.3 Å². The van der Waals surface area contributed by atoms with Gasteiger partial charge in [0.1, 0.15) is 6.04 Å². The van der Waals surface area contributed by atoms with Gasteiger partial charge in [0.2, 0.25) is 0 Å². The Morgan fingerprint density at radius 2 is 1.44 bits per heavy atom. The summed E-state index contributed by atoms with van der Waals surface area (Å²) in [5.74, 6) is -7.22. The number of carboxylic acid groups (broad SMARTS) is 3. The number of likely N-dealkylation sites (tertiary alicyclic amines) is 1. The Labute approximate surface area is 294 Å². The molecule has 1 aromatic heterocycles. The van der Waals surface area contributed by atoms with Crippen molar-refractivity contribution in [2.75, 3.05) is 23.3 Å². The quantitative estimate of drug-likeness (QED) is 0.217. The number of anilines is 2. The second kappa shape index (κ2) is 15.8. The first kappa shape index (κ1) is 39.3. The Balaban J connectivity index is 0.000000367. The number of alkyl halides is 6. The number of halogens is 7. The van der Waals surface area contributed by atoms with Gasteiger partial charge in [-0.2, -0.15) is 26.3 Å². The number of benzene rings is 2. The van der Waals surface area contributed by atoms with Gasteiger partial charge in [-0.25, -0.2) is 14.4 Å². The SMILES string of the molecule is O=C(O)C(F)(F)F.O=C(O)C(F)(F)F.O=C(O)c1cc(Cl)cc(N2C(=O)c3c(NC4CCN(Cc5ccncc5)CC4)ccc4c3C(=O)C2C=C4)c1. The lowest BCUT2D eigenvalue weighted by Crippen LogP contribution is -2.51. The summed E-state index contributed by atoms with van der Waals surface area (Å²) in [6, 6.07) is 11.3. The first-order valence-corrected chi connectivity index (χ1v) is 15.4. The Morgan fingerprint density at radius 3 is 1.98 bits per heavy atom. The Morgan fingerprint density at radius 1 is 0.865 bits per heavy atom. The fourth-order valence-corrected chi connectivity index (χ4v) is 5.79. The predicted molar refractivity (Wildman–Crippen MR) is 172 cm³/mol. The lowest BCUT2D eigenvalue weighted by Gasteiger charge is -2.38. The Hall–Kier alpha value is -5.49. The molecular weight excluding hydrogens is 730 g/mol. The van der Waals surface area contributed by atoms with Crippen molar-refractivity contribution in [2.45, 2.75) is 43.8 Å². The minimum absolute atomic E-state index is 0.0519. The van der Waals surface area contributed by atoms with E-state index < -0.39 is 36.3 Å². The van der Waals surface area contributed by atoms with Crippen LogP contribution in [0.4, 0.5) is 37.7 Å². The number of nitrogens with zero attached hydrogens (tertiary/aromatic N) is 3. The van der Waals surface area contributed by atoms with E-state index in [4.69, 9.17) is 31.4 Å². The number of pyridine rings is 1. The van der Waals surface area contributed by atoms with E-state index in [2.05, 4.69) is 15.2 Å². The number of carboxylic acids is 3. The number of carbonyl (C=O) groups is 5. The molecule has 4 N–H and O–H groups in total. The van der Waals surface area contributed by atoms with Gasteiger partial charge in [0, 0.05) is 60.0 Å². The molecule has 0 radical (unpaired) electrons. The summed E-state index contributed by atoms with van der Waals surface area (Å²) in [6.45, 7) is 2.68. The molecule has 0 spiro atoms. The van der Waals surface area contributed by atoms with Crippen LogP contribution in [0.5, 0.6) is 0 Å². The fourth-order valence-electron chi connectivity index (χ4n) is 5.56. The molecule has 276 valence electrons. The zero-order valence-electron chi connectivity index (χ0n) is 26.4. The van der Waals surface area contributed by atoms with Crippen molar-refractivity contribution >= 4 is 58.7 Å². The van der Waals surface area contributed by atoms with Gasteiger partial charge in [-0.15, -0.1) is 0 Å². The van der Waals surface area contributed by atoms with Gasteiger partial charge in [0.05, 0.1) is 11.1 Å². The highest BCUT2D eigenvalue weighted by atomic mass is 35.5. The van der Waals surface area contributed by atoms with E-state index in [0.29, 0.717) is 22.4 Å². The third kappa shape index (κ3) is 9.43. The van der Waals surface area contributed by atoms with E-state index in [0.717, 1.165) is 32.5 Å². The molecule has 1 saturated heterocycles. The van der Waals surface area contributed by atoms with Crippen molar-refractivity contribution in [3.63, 3.8) is 0 Å². The number of hydrogen-bond donors (Lipinski definition) is 4. The van der Waals surface area contributed by atoms with Crippen molar-refractivity contribution in [3.8, 4) is 0 Å². The molecular formula is C33H27ClF6N4O8. The van der Waals surface area contributed by atoms with Crippen LogP contribution in [0.1, 0.15) is 55.0 Å². The second-order valence-electron chi connectivity index (χ2n) is 11.5. The van der Waals surface area contributed by atoms with Crippen LogP contribution in [-0.4, -0.2) is 92.3 Å². The van der Waals surface area contributed by atoms with Gasteiger partial charge in [-0.05, 0) is 60.4 Å². The minimum atomic E-state index is -5.08. The van der Waals surface area contributed by atoms with Crippen molar-refractivity contribution < 1.29 is 65.6 Å². The number of amides is 1. The molecule has 2 aromatic carbocycles. The van der Waals surface area contributed by atoms with Crippen molar-refractivity contribution in [3.05, 3.63) is 93.8 Å². The van der Waals surface area contributed by atoms with Crippen LogP contribution in [0.2, 0.25) is 5.02 Å². The highest BCUT2D eigenvalue weighted by Crippen LogP contribution is 2.39. The molecule has 1 atom stereocenters. The number of hydrogen-bond acceptors (Lipinski definition) is 8. The summed E-state index contributed by atoms with van der Waals surface area (Å²) in [6.07, 6.45) is -1.25. The van der Waals surface area contributed by atoms with Gasteiger partial charge >= 0.3 is 30.3 Å². The number of carbonyl (C=O) groups excluding carboxylic acids is 2. The molecule has 12 nitrogen and oxygen atoms in total. The summed E-state index contributed by atoms with van der Waals surface area (Å²) in [7, 11) is 0. The lowest BCUT2D eigenvalue weighted by atomic mass is 9.82. The number of nitrogens with one attached hydrogen (secondary N) is 1. The van der Waals surface area contributed by atoms with E-state index >= 15 is 0 Å². The number of rotatable bonds is 6. The average molecular weight is 757 g/mol. The molecule has 3 heterocycles. The summed E-state index contributed by atoms with van der Waals surface area (Å²) in [5.41, 5.74) is 3.52. The number of aromatic nitrogens is 1. The molecule has 2 bridgehead atoms. The van der Waals surface area contributed by atoms with Crippen molar-refractivity contribution in [2.24, 2.45) is 0 Å². The van der Waals surface area contributed by atoms with Gasteiger partial charge < -0.3 is 20.6 Å². The van der Waals surface area contributed by atoms with Crippen LogP contribution in [-0.2, 0) is 16.1 Å². The van der Waals surface area contributed by atoms with E-state index in [9.17, 15) is 45.8 Å². The molecule has 1 amide bonds. The molecule has 6 rings (SSSR count). The standard InChI is InChI=1S/C29H25ClN4O4.2C2HF3O2/c30-20-13-19(29(37)38)14-22(15-20)34-24-4-2-18-1-3-23(26(28(34)36)25(18)27(24)35)32-21-7-11-33(12-8-21)16-17-5-9-31-10-6-17;2*3-2(4,5)1(6)7/h1-6,9-10,13-15,21,24,32H,7-8,11-12,16H2,(H,37,38);2*(H,6,7). The van der Waals surface area contributed by atoms with Crippen LogP contribution in [0.25, 0.3) is 6.08 Å². The number of fused-ring (bicyclic) bond motifs is 1. The zero-order chi connectivity index (χ0) is 38.5. The third-order valence-corrected chi connectivity index (χ3v) is 8.14. The predicted octanol–water partition coefficient (Wildman–Crippen LogP) is 6.01. The smallest absolute Gasteiger partial charge is 0.478 e. The summed E-state index contributed by atoms with van der Waals surface area (Å²) in [5, 5.41) is 27.5. The van der Waals surface area contributed by atoms with E-state index in [1.54, 1.807) is 18.5 Å². The second-order valence-corrected chi connectivity index (χ2v) is 11.9. The zero-order valence-corrected chi connectivity index (χ0v) is 27.2. The third-order valence-electron chi connectivity index (χ3n) is 7.92. The number of aliphatic carboxylic acids is 2. The Kier molecular flexibility index (Phi) is 12.0. The summed E-state index contributed by atoms with van der Waals surface area (Å²) >= 11 is 6.20. The van der Waals surface area contributed by atoms with E-state index in [1.165, 1.54) is 28.7 Å². The molecule has 2 aliphatic heterocycles. The maximum Gasteiger partial charge on any atom is 0.490 e. The highest BCUT2D eigenvalue weighted by Gasteiger charge is 2.43. The Bertz CT molecular complexity index is 1870. The van der Waals surface area contributed by atoms with Crippen LogP contribution >= 0.6 is 11.6 Å². The van der Waals surface area contributed by atoms with Crippen LogP contribution in [0.3, 0.4) is 0 Å². The molecule has 0 saturated carbocycles. The summed E-state index contributed by atoms with van der Waals surface area (Å²) < 4.78 is 63.5. The number of piperidine rings is 1. The molecule has 3 aromatic rings. The topological polar surface area (TPSA) is 177 Å². The number of Topliss-reactive ketones (excluding diaryl/α,β-unsaturated/α-hetero) is 1. The van der Waals surface area contributed by atoms with Crippen LogP contribution in [0, 0.1) is 0 Å². The number of aromatic carboxylic acids is 1. The first-order chi connectivity index (χ1) is 24.3. The van der Waals surface area contributed by atoms with E-state index in [-0.39, 0.29) is 34.0 Å². The highest BCUT2D eigenvalue weighted by molar-refractivity contribution is 6.32. The van der Waals surface area contributed by atoms with Gasteiger partial charge in [-0.1, -0.05) is 29.8 Å². The van der Waals surface area contributed by atoms with Gasteiger partial charge in [0.25, 0.3) is 5.91 Å². The molecule has 19 heteroatoms. The monoisotopic (exact) mass is 756 g/mol. The number of ketones is 1. The lowest BCUT2D eigenvalue weighted by molar-refractivity contribution is -0.193. The molecule has 52 heavy (non-hydrogen) atoms.